The average molecular weight is 349 g/mol. The minimum atomic E-state index is -0.350. The maximum absolute atomic E-state index is 13.9. The Balaban J connectivity index is 1.86. The van der Waals surface area contributed by atoms with Crippen LogP contribution in [0, 0.1) is 12.7 Å². The number of nitrogens with zero attached hydrogens (tertiary/aromatic N) is 2. The number of pyridine rings is 1. The number of anilines is 2. The quantitative estimate of drug-likeness (QED) is 0.748. The Kier molecular flexibility index (Phi) is 4.29. The molecule has 132 valence electrons. The molecule has 0 saturated carbocycles. The number of nitrogens with one attached hydrogen (secondary N) is 1. The van der Waals surface area contributed by atoms with E-state index in [1.165, 1.54) is 12.1 Å². The summed E-state index contributed by atoms with van der Waals surface area (Å²) in [5.41, 5.74) is 3.70. The van der Waals surface area contributed by atoms with Gasteiger partial charge in [-0.15, -0.1) is 0 Å². The topological polar surface area (TPSA) is 45.2 Å². The number of benzene rings is 2. The van der Waals surface area contributed by atoms with Crippen LogP contribution in [0.1, 0.15) is 28.8 Å². The van der Waals surface area contributed by atoms with Gasteiger partial charge in [0.2, 0.25) is 0 Å². The van der Waals surface area contributed by atoms with Crippen molar-refractivity contribution in [1.29, 1.82) is 0 Å². The van der Waals surface area contributed by atoms with E-state index in [0.29, 0.717) is 22.2 Å². The zero-order chi connectivity index (χ0) is 18.1. The van der Waals surface area contributed by atoms with E-state index in [0.717, 1.165) is 37.2 Å². The molecule has 1 aliphatic rings. The van der Waals surface area contributed by atoms with Gasteiger partial charge in [-0.2, -0.15) is 0 Å². The Morgan fingerprint density at radius 1 is 1.15 bits per heavy atom. The molecule has 0 aliphatic carbocycles. The lowest BCUT2D eigenvalue weighted by molar-refractivity contribution is 0.0793. The van der Waals surface area contributed by atoms with E-state index in [-0.39, 0.29) is 11.7 Å². The van der Waals surface area contributed by atoms with E-state index in [4.69, 9.17) is 0 Å². The predicted molar refractivity (Wildman–Crippen MR) is 101 cm³/mol. The second kappa shape index (κ2) is 6.75. The van der Waals surface area contributed by atoms with Crippen LogP contribution < -0.4 is 5.32 Å². The van der Waals surface area contributed by atoms with Crippen LogP contribution in [0.3, 0.4) is 0 Å². The zero-order valence-electron chi connectivity index (χ0n) is 14.6. The second-order valence-corrected chi connectivity index (χ2v) is 6.70. The predicted octanol–water partition coefficient (Wildman–Crippen LogP) is 4.66. The van der Waals surface area contributed by atoms with Crippen molar-refractivity contribution in [2.45, 2.75) is 19.8 Å². The molecule has 4 rings (SSSR count). The van der Waals surface area contributed by atoms with Gasteiger partial charge in [-0.05, 0) is 55.7 Å². The Hall–Kier alpha value is -2.95. The van der Waals surface area contributed by atoms with Crippen LogP contribution in [0.5, 0.6) is 0 Å². The summed E-state index contributed by atoms with van der Waals surface area (Å²) in [5.74, 6) is -0.409. The molecule has 26 heavy (non-hydrogen) atoms. The van der Waals surface area contributed by atoms with E-state index in [9.17, 15) is 9.18 Å². The monoisotopic (exact) mass is 349 g/mol. The molecule has 3 aromatic rings. The lowest BCUT2D eigenvalue weighted by atomic mass is 10.1. The summed E-state index contributed by atoms with van der Waals surface area (Å²) in [6, 6.07) is 12.3. The maximum atomic E-state index is 13.9. The Labute approximate surface area is 151 Å². The highest BCUT2D eigenvalue weighted by atomic mass is 19.1. The van der Waals surface area contributed by atoms with Gasteiger partial charge in [0.05, 0.1) is 16.8 Å². The molecule has 1 N–H and O–H groups in total. The third-order valence-electron chi connectivity index (χ3n) is 4.74. The first-order valence-electron chi connectivity index (χ1n) is 8.83. The van der Waals surface area contributed by atoms with Gasteiger partial charge in [0.25, 0.3) is 5.91 Å². The van der Waals surface area contributed by atoms with Gasteiger partial charge in [-0.3, -0.25) is 9.78 Å². The van der Waals surface area contributed by atoms with Crippen molar-refractivity contribution in [2.24, 2.45) is 0 Å². The molecule has 1 aliphatic heterocycles. The van der Waals surface area contributed by atoms with Gasteiger partial charge in [-0.25, -0.2) is 4.39 Å². The number of amides is 1. The molecule has 2 heterocycles. The Morgan fingerprint density at radius 2 is 1.96 bits per heavy atom. The molecule has 0 bridgehead atoms. The largest absolute Gasteiger partial charge is 0.354 e. The first-order valence-corrected chi connectivity index (χ1v) is 8.83. The van der Waals surface area contributed by atoms with Crippen LogP contribution in [0.4, 0.5) is 15.8 Å². The zero-order valence-corrected chi connectivity index (χ0v) is 14.6. The van der Waals surface area contributed by atoms with Crippen molar-refractivity contribution in [3.63, 3.8) is 0 Å². The highest BCUT2D eigenvalue weighted by Crippen LogP contribution is 2.31. The number of likely N-dealkylation sites (tertiary alicyclic amines) is 1. The second-order valence-electron chi connectivity index (χ2n) is 6.70. The minimum Gasteiger partial charge on any atom is -0.354 e. The number of aromatic nitrogens is 1. The minimum absolute atomic E-state index is 0.0590. The summed E-state index contributed by atoms with van der Waals surface area (Å²) >= 11 is 0. The molecule has 1 fully saturated rings. The van der Waals surface area contributed by atoms with Gasteiger partial charge in [0.15, 0.2) is 0 Å². The fraction of sp³-hybridized carbons (Fsp3) is 0.238. The van der Waals surface area contributed by atoms with Crippen molar-refractivity contribution in [2.75, 3.05) is 18.4 Å². The van der Waals surface area contributed by atoms with Crippen molar-refractivity contribution in [1.82, 2.24) is 9.88 Å². The van der Waals surface area contributed by atoms with Gasteiger partial charge >= 0.3 is 0 Å². The summed E-state index contributed by atoms with van der Waals surface area (Å²) in [4.78, 5) is 19.2. The van der Waals surface area contributed by atoms with E-state index in [1.807, 2.05) is 36.1 Å². The maximum Gasteiger partial charge on any atom is 0.257 e. The van der Waals surface area contributed by atoms with E-state index in [2.05, 4.69) is 10.3 Å². The molecule has 0 spiro atoms. The van der Waals surface area contributed by atoms with E-state index >= 15 is 0 Å². The number of rotatable bonds is 3. The third kappa shape index (κ3) is 3.12. The number of aryl methyl sites for hydroxylation is 1. The molecule has 5 heteroatoms. The van der Waals surface area contributed by atoms with Crippen LogP contribution in [-0.2, 0) is 0 Å². The van der Waals surface area contributed by atoms with Crippen LogP contribution >= 0.6 is 0 Å². The summed E-state index contributed by atoms with van der Waals surface area (Å²) in [7, 11) is 0. The van der Waals surface area contributed by atoms with Crippen molar-refractivity contribution in [3.8, 4) is 0 Å². The number of carbonyl (C=O) groups is 1. The first-order chi connectivity index (χ1) is 12.6. The summed E-state index contributed by atoms with van der Waals surface area (Å²) < 4.78 is 13.9. The standard InChI is InChI=1S/C21H20FN3O/c1-14-5-4-6-16(11-14)24-20-17-12-15(22)7-8-19(17)23-13-18(20)21(26)25-9-2-3-10-25/h4-8,11-13H,2-3,9-10H2,1H3,(H,23,24). The van der Waals surface area contributed by atoms with Crippen molar-refractivity contribution < 1.29 is 9.18 Å². The fourth-order valence-corrected chi connectivity index (χ4v) is 3.42. The third-order valence-corrected chi connectivity index (χ3v) is 4.74. The van der Waals surface area contributed by atoms with Crippen LogP contribution in [0.25, 0.3) is 10.9 Å². The molecule has 1 aromatic heterocycles. The van der Waals surface area contributed by atoms with Crippen molar-refractivity contribution in [3.05, 3.63) is 65.6 Å². The SMILES string of the molecule is Cc1cccc(Nc2c(C(=O)N3CCCC3)cnc3ccc(F)cc23)c1. The normalized spacial score (nSPS) is 14.0. The van der Waals surface area contributed by atoms with Crippen LogP contribution in [-0.4, -0.2) is 28.9 Å². The number of fused-ring (bicyclic) bond motifs is 1. The number of hydrogen-bond acceptors (Lipinski definition) is 3. The number of hydrogen-bond donors (Lipinski definition) is 1. The number of halogens is 1. The van der Waals surface area contributed by atoms with Gasteiger partial charge in [0.1, 0.15) is 5.82 Å². The van der Waals surface area contributed by atoms with Gasteiger partial charge in [-0.1, -0.05) is 12.1 Å². The van der Waals surface area contributed by atoms with Crippen LogP contribution in [0.15, 0.2) is 48.7 Å². The summed E-state index contributed by atoms with van der Waals surface area (Å²) in [6.45, 7) is 3.51. The Morgan fingerprint density at radius 3 is 2.73 bits per heavy atom. The molecular formula is C21H20FN3O. The lowest BCUT2D eigenvalue weighted by Gasteiger charge is -2.19. The van der Waals surface area contributed by atoms with Gasteiger partial charge < -0.3 is 10.2 Å². The molecule has 0 radical (unpaired) electrons. The smallest absolute Gasteiger partial charge is 0.257 e. The molecule has 0 unspecified atom stereocenters. The fourth-order valence-electron chi connectivity index (χ4n) is 3.42. The van der Waals surface area contributed by atoms with Gasteiger partial charge in [0, 0.05) is 30.4 Å². The van der Waals surface area contributed by atoms with E-state index in [1.54, 1.807) is 12.3 Å². The lowest BCUT2D eigenvalue weighted by Crippen LogP contribution is -2.28. The molecule has 2 aromatic carbocycles. The van der Waals surface area contributed by atoms with E-state index < -0.39 is 0 Å². The number of carbonyl (C=O) groups excluding carboxylic acids is 1. The molecule has 1 amide bonds. The van der Waals surface area contributed by atoms with Crippen LogP contribution in [0.2, 0.25) is 0 Å². The Bertz CT molecular complexity index is 980. The highest BCUT2D eigenvalue weighted by molar-refractivity contribution is 6.08. The molecule has 1 saturated heterocycles. The first kappa shape index (κ1) is 16.5. The molecule has 0 atom stereocenters. The van der Waals surface area contributed by atoms with Crippen molar-refractivity contribution >= 4 is 28.2 Å². The molecular weight excluding hydrogens is 329 g/mol. The summed E-state index contributed by atoms with van der Waals surface area (Å²) in [6.07, 6.45) is 3.63. The molecule has 4 nitrogen and oxygen atoms in total. The average Bonchev–Trinajstić information content (AvgIpc) is 3.16. The summed E-state index contributed by atoms with van der Waals surface area (Å²) in [5, 5.41) is 3.94. The highest BCUT2D eigenvalue weighted by Gasteiger charge is 2.24.